The predicted molar refractivity (Wildman–Crippen MR) is 57.3 cm³/mol. The molecule has 0 aromatic carbocycles. The van der Waals surface area contributed by atoms with Gasteiger partial charge in [-0.2, -0.15) is 0 Å². The van der Waals surface area contributed by atoms with Crippen molar-refractivity contribution in [3.05, 3.63) is 0 Å². The minimum Gasteiger partial charge on any atom is -0.365 e. The third-order valence-corrected chi connectivity index (χ3v) is 3.52. The van der Waals surface area contributed by atoms with Gasteiger partial charge in [0.1, 0.15) is 5.60 Å². The van der Waals surface area contributed by atoms with Crippen LogP contribution in [0, 0.1) is 5.92 Å². The molecule has 2 fully saturated rings. The molecule has 1 aliphatic heterocycles. The van der Waals surface area contributed by atoms with Crippen LogP contribution in [0.3, 0.4) is 0 Å². The molecule has 1 unspecified atom stereocenters. The van der Waals surface area contributed by atoms with E-state index in [0.717, 1.165) is 32.2 Å². The van der Waals surface area contributed by atoms with E-state index >= 15 is 0 Å². The summed E-state index contributed by atoms with van der Waals surface area (Å²) in [5, 5.41) is 2.97. The summed E-state index contributed by atoms with van der Waals surface area (Å²) in [6, 6.07) is 0.352. The van der Waals surface area contributed by atoms with Crippen molar-refractivity contribution in [2.75, 3.05) is 13.2 Å². The molecule has 1 saturated carbocycles. The molecule has 2 rings (SSSR count). The Bertz CT molecular complexity index is 243. The smallest absolute Gasteiger partial charge is 0.251 e. The molecule has 1 amide bonds. The van der Waals surface area contributed by atoms with Crippen LogP contribution in [0.1, 0.15) is 32.6 Å². The van der Waals surface area contributed by atoms with Gasteiger partial charge in [-0.15, -0.1) is 0 Å². The molecule has 1 heterocycles. The zero-order chi connectivity index (χ0) is 10.9. The highest BCUT2D eigenvalue weighted by atomic mass is 16.5. The van der Waals surface area contributed by atoms with E-state index in [0.29, 0.717) is 18.6 Å². The van der Waals surface area contributed by atoms with Crippen molar-refractivity contribution in [3.63, 3.8) is 0 Å². The van der Waals surface area contributed by atoms with E-state index in [9.17, 15) is 4.79 Å². The summed E-state index contributed by atoms with van der Waals surface area (Å²) in [6.45, 7) is 3.34. The maximum Gasteiger partial charge on any atom is 0.251 e. The van der Waals surface area contributed by atoms with E-state index in [1.807, 2.05) is 6.92 Å². The van der Waals surface area contributed by atoms with Gasteiger partial charge < -0.3 is 15.8 Å². The fourth-order valence-electron chi connectivity index (χ4n) is 2.34. The predicted octanol–water partition coefficient (Wildman–Crippen LogP) is 0.409. The molecule has 0 aromatic rings. The molecule has 0 radical (unpaired) electrons. The standard InChI is InChI=1S/C11H20N2O2/c1-11(3-2-4-15-11)10(14)13-7-8-5-9(12)6-8/h8-9H,2-7,12H2,1H3,(H,13,14). The van der Waals surface area contributed by atoms with Crippen LogP contribution in [0.25, 0.3) is 0 Å². The highest BCUT2D eigenvalue weighted by molar-refractivity contribution is 5.85. The van der Waals surface area contributed by atoms with Crippen LogP contribution >= 0.6 is 0 Å². The van der Waals surface area contributed by atoms with E-state index in [1.165, 1.54) is 0 Å². The number of rotatable bonds is 3. The molecular formula is C11H20N2O2. The number of ether oxygens (including phenoxy) is 1. The van der Waals surface area contributed by atoms with Gasteiger partial charge in [-0.1, -0.05) is 0 Å². The van der Waals surface area contributed by atoms with Crippen LogP contribution in [0.2, 0.25) is 0 Å². The number of nitrogens with two attached hydrogens (primary N) is 1. The van der Waals surface area contributed by atoms with E-state index in [-0.39, 0.29) is 5.91 Å². The maximum absolute atomic E-state index is 11.8. The summed E-state index contributed by atoms with van der Waals surface area (Å²) < 4.78 is 5.47. The maximum atomic E-state index is 11.8. The Balaban J connectivity index is 1.72. The van der Waals surface area contributed by atoms with Gasteiger partial charge in [0.25, 0.3) is 5.91 Å². The third kappa shape index (κ3) is 2.32. The molecule has 4 heteroatoms. The van der Waals surface area contributed by atoms with Gasteiger partial charge in [0, 0.05) is 19.2 Å². The topological polar surface area (TPSA) is 64.4 Å². The largest absolute Gasteiger partial charge is 0.365 e. The number of nitrogens with one attached hydrogen (secondary N) is 1. The lowest BCUT2D eigenvalue weighted by Gasteiger charge is -2.33. The SMILES string of the molecule is CC1(C(=O)NCC2CC(N)C2)CCCO1. The average molecular weight is 212 g/mol. The zero-order valence-electron chi connectivity index (χ0n) is 9.29. The molecule has 2 aliphatic rings. The van der Waals surface area contributed by atoms with Gasteiger partial charge in [-0.3, -0.25) is 4.79 Å². The van der Waals surface area contributed by atoms with Crippen molar-refractivity contribution in [3.8, 4) is 0 Å². The molecule has 1 atom stereocenters. The second-order valence-corrected chi connectivity index (χ2v) is 4.99. The van der Waals surface area contributed by atoms with Gasteiger partial charge in [0.05, 0.1) is 0 Å². The van der Waals surface area contributed by atoms with Crippen LogP contribution < -0.4 is 11.1 Å². The molecule has 0 aromatic heterocycles. The minimum atomic E-state index is -0.578. The number of hydrogen-bond acceptors (Lipinski definition) is 3. The monoisotopic (exact) mass is 212 g/mol. The van der Waals surface area contributed by atoms with Crippen molar-refractivity contribution in [1.29, 1.82) is 0 Å². The Morgan fingerprint density at radius 1 is 1.60 bits per heavy atom. The molecule has 1 saturated heterocycles. The van der Waals surface area contributed by atoms with Gasteiger partial charge in [0.15, 0.2) is 0 Å². The first-order chi connectivity index (χ1) is 7.10. The molecular weight excluding hydrogens is 192 g/mol. The van der Waals surface area contributed by atoms with Gasteiger partial charge in [-0.25, -0.2) is 0 Å². The summed E-state index contributed by atoms with van der Waals surface area (Å²) in [7, 11) is 0. The lowest BCUT2D eigenvalue weighted by molar-refractivity contribution is -0.139. The Kier molecular flexibility index (Phi) is 2.98. The summed E-state index contributed by atoms with van der Waals surface area (Å²) >= 11 is 0. The number of hydrogen-bond donors (Lipinski definition) is 2. The summed E-state index contributed by atoms with van der Waals surface area (Å²) in [5.41, 5.74) is 5.11. The lowest BCUT2D eigenvalue weighted by Crippen LogP contribution is -2.48. The first-order valence-electron chi connectivity index (χ1n) is 5.78. The zero-order valence-corrected chi connectivity index (χ0v) is 9.29. The molecule has 3 N–H and O–H groups in total. The summed E-state index contributed by atoms with van der Waals surface area (Å²) in [4.78, 5) is 11.8. The van der Waals surface area contributed by atoms with E-state index in [4.69, 9.17) is 10.5 Å². The number of carbonyl (C=O) groups is 1. The Morgan fingerprint density at radius 3 is 2.87 bits per heavy atom. The fraction of sp³-hybridized carbons (Fsp3) is 0.909. The molecule has 0 bridgehead atoms. The van der Waals surface area contributed by atoms with Crippen molar-refractivity contribution in [2.24, 2.45) is 11.7 Å². The highest BCUT2D eigenvalue weighted by Crippen LogP contribution is 2.27. The van der Waals surface area contributed by atoms with Crippen LogP contribution in [-0.4, -0.2) is 30.7 Å². The van der Waals surface area contributed by atoms with Crippen molar-refractivity contribution >= 4 is 5.91 Å². The van der Waals surface area contributed by atoms with Crippen molar-refractivity contribution < 1.29 is 9.53 Å². The Hall–Kier alpha value is -0.610. The van der Waals surface area contributed by atoms with Gasteiger partial charge >= 0.3 is 0 Å². The summed E-state index contributed by atoms with van der Waals surface area (Å²) in [5.74, 6) is 0.620. The van der Waals surface area contributed by atoms with Gasteiger partial charge in [-0.05, 0) is 38.5 Å². The Morgan fingerprint density at radius 2 is 2.33 bits per heavy atom. The molecule has 0 spiro atoms. The second kappa shape index (κ2) is 4.10. The van der Waals surface area contributed by atoms with Crippen molar-refractivity contribution in [2.45, 2.75) is 44.2 Å². The van der Waals surface area contributed by atoms with Crippen molar-refractivity contribution in [1.82, 2.24) is 5.32 Å². The normalized spacial score (nSPS) is 39.9. The fourth-order valence-corrected chi connectivity index (χ4v) is 2.34. The van der Waals surface area contributed by atoms with E-state index in [2.05, 4.69) is 5.32 Å². The van der Waals surface area contributed by atoms with Crippen LogP contribution in [0.4, 0.5) is 0 Å². The van der Waals surface area contributed by atoms with Gasteiger partial charge in [0.2, 0.25) is 0 Å². The lowest BCUT2D eigenvalue weighted by atomic mass is 9.81. The molecule has 4 nitrogen and oxygen atoms in total. The third-order valence-electron chi connectivity index (χ3n) is 3.52. The minimum absolute atomic E-state index is 0.0421. The molecule has 1 aliphatic carbocycles. The van der Waals surface area contributed by atoms with Crippen LogP contribution in [0.5, 0.6) is 0 Å². The molecule has 86 valence electrons. The number of amides is 1. The first kappa shape index (κ1) is 10.9. The van der Waals surface area contributed by atoms with E-state index in [1.54, 1.807) is 0 Å². The van der Waals surface area contributed by atoms with Crippen LogP contribution in [0.15, 0.2) is 0 Å². The average Bonchev–Trinajstić information content (AvgIpc) is 2.59. The molecule has 15 heavy (non-hydrogen) atoms. The van der Waals surface area contributed by atoms with E-state index < -0.39 is 5.60 Å². The summed E-state index contributed by atoms with van der Waals surface area (Å²) in [6.07, 6.45) is 3.90. The number of carbonyl (C=O) groups excluding carboxylic acids is 1. The first-order valence-corrected chi connectivity index (χ1v) is 5.78. The van der Waals surface area contributed by atoms with Crippen LogP contribution in [-0.2, 0) is 9.53 Å². The quantitative estimate of drug-likeness (QED) is 0.712. The highest BCUT2D eigenvalue weighted by Gasteiger charge is 2.38. The second-order valence-electron chi connectivity index (χ2n) is 4.99. The Labute approximate surface area is 90.5 Å².